The summed E-state index contributed by atoms with van der Waals surface area (Å²) in [6, 6.07) is 71.2. The fourth-order valence-corrected chi connectivity index (χ4v) is 11.3. The van der Waals surface area contributed by atoms with E-state index in [2.05, 4.69) is 206 Å². The number of hydrogen-bond donors (Lipinski definition) is 1. The Labute approximate surface area is 375 Å². The van der Waals surface area contributed by atoms with Crippen LogP contribution in [0.15, 0.2) is 209 Å². The molecule has 0 radical (unpaired) electrons. The zero-order chi connectivity index (χ0) is 42.8. The van der Waals surface area contributed by atoms with E-state index in [0.29, 0.717) is 0 Å². The molecule has 0 fully saturated rings. The minimum atomic E-state index is 0.0768. The second-order valence-electron chi connectivity index (χ2n) is 17.8. The van der Waals surface area contributed by atoms with Crippen LogP contribution in [0.25, 0.3) is 115 Å². The summed E-state index contributed by atoms with van der Waals surface area (Å²) >= 11 is 0. The number of furan rings is 2. The summed E-state index contributed by atoms with van der Waals surface area (Å²) in [6.07, 6.45) is 1.76. The molecule has 65 heavy (non-hydrogen) atoms. The van der Waals surface area contributed by atoms with E-state index in [1.54, 1.807) is 0 Å². The van der Waals surface area contributed by atoms with Gasteiger partial charge >= 0.3 is 0 Å². The molecule has 2 aromatic heterocycles. The summed E-state index contributed by atoms with van der Waals surface area (Å²) in [7, 11) is 0. The van der Waals surface area contributed by atoms with Crippen LogP contribution in [-0.4, -0.2) is 0 Å². The summed E-state index contributed by atoms with van der Waals surface area (Å²) in [5, 5.41) is 20.0. The van der Waals surface area contributed by atoms with Crippen molar-refractivity contribution < 1.29 is 8.83 Å². The largest absolute Gasteiger partial charge is 0.456 e. The predicted octanol–water partition coefficient (Wildman–Crippen LogP) is 17.6. The van der Waals surface area contributed by atoms with Crippen molar-refractivity contribution in [1.29, 1.82) is 0 Å². The second kappa shape index (κ2) is 13.9. The summed E-state index contributed by atoms with van der Waals surface area (Å²) in [5.41, 5.74) is 13.6. The van der Waals surface area contributed by atoms with Gasteiger partial charge in [0.05, 0.1) is 11.7 Å². The molecule has 1 unspecified atom stereocenters. The van der Waals surface area contributed by atoms with Crippen LogP contribution in [0.2, 0.25) is 0 Å². The Morgan fingerprint density at radius 2 is 0.892 bits per heavy atom. The molecule has 11 aromatic carbocycles. The minimum Gasteiger partial charge on any atom is -0.456 e. The quantitative estimate of drug-likeness (QED) is 0.176. The molecule has 0 spiro atoms. The Morgan fingerprint density at radius 3 is 1.55 bits per heavy atom. The molecule has 0 aliphatic carbocycles. The van der Waals surface area contributed by atoms with E-state index < -0.39 is 0 Å². The van der Waals surface area contributed by atoms with Gasteiger partial charge in [-0.25, -0.2) is 0 Å². The van der Waals surface area contributed by atoms with Crippen LogP contribution in [-0.2, 0) is 0 Å². The fraction of sp³-hybridized carbons (Fsp3) is 0.0645. The van der Waals surface area contributed by atoms with Gasteiger partial charge in [0.25, 0.3) is 0 Å². The molecule has 13 aromatic rings. The molecule has 14 rings (SSSR count). The first-order valence-electron chi connectivity index (χ1n) is 22.8. The minimum absolute atomic E-state index is 0.0768. The van der Waals surface area contributed by atoms with Crippen LogP contribution in [0, 0.1) is 0 Å². The van der Waals surface area contributed by atoms with Crippen LogP contribution in [0.4, 0.5) is 5.69 Å². The van der Waals surface area contributed by atoms with Gasteiger partial charge in [-0.05, 0) is 143 Å². The Kier molecular flexibility index (Phi) is 7.79. The van der Waals surface area contributed by atoms with Gasteiger partial charge < -0.3 is 14.2 Å². The first-order chi connectivity index (χ1) is 32.2. The van der Waals surface area contributed by atoms with Crippen LogP contribution < -0.4 is 5.32 Å². The number of hydrogen-bond acceptors (Lipinski definition) is 3. The number of benzene rings is 11. The van der Waals surface area contributed by atoms with Crippen molar-refractivity contribution in [2.24, 2.45) is 0 Å². The topological polar surface area (TPSA) is 38.3 Å². The first-order valence-corrected chi connectivity index (χ1v) is 22.8. The lowest BCUT2D eigenvalue weighted by Gasteiger charge is -2.20. The van der Waals surface area contributed by atoms with E-state index >= 15 is 0 Å². The van der Waals surface area contributed by atoms with E-state index in [4.69, 9.17) is 8.83 Å². The normalized spacial score (nSPS) is 14.4. The molecule has 3 heterocycles. The molecule has 0 amide bonds. The summed E-state index contributed by atoms with van der Waals surface area (Å²) in [4.78, 5) is 0. The molecule has 1 N–H and O–H groups in total. The molecule has 3 heteroatoms. The van der Waals surface area contributed by atoms with Gasteiger partial charge in [-0.1, -0.05) is 164 Å². The third-order valence-electron chi connectivity index (χ3n) is 14.4. The maximum Gasteiger partial charge on any atom is 0.159 e. The maximum atomic E-state index is 7.07. The van der Waals surface area contributed by atoms with Crippen LogP contribution in [0.3, 0.4) is 0 Å². The lowest BCUT2D eigenvalue weighted by atomic mass is 9.87. The van der Waals surface area contributed by atoms with Gasteiger partial charge in [0.1, 0.15) is 16.7 Å². The van der Waals surface area contributed by atoms with Crippen molar-refractivity contribution in [3.05, 3.63) is 217 Å². The Balaban J connectivity index is 0.998. The van der Waals surface area contributed by atoms with Crippen LogP contribution >= 0.6 is 0 Å². The van der Waals surface area contributed by atoms with Gasteiger partial charge in [0, 0.05) is 21.7 Å². The molecule has 1 atom stereocenters. The van der Waals surface area contributed by atoms with Crippen molar-refractivity contribution in [2.45, 2.75) is 25.8 Å². The van der Waals surface area contributed by atoms with Crippen molar-refractivity contribution in [2.75, 3.05) is 5.32 Å². The smallest absolute Gasteiger partial charge is 0.159 e. The molecular weight excluding hydrogens is 791 g/mol. The van der Waals surface area contributed by atoms with Gasteiger partial charge in [0.15, 0.2) is 5.76 Å². The Hall–Kier alpha value is -8.14. The van der Waals surface area contributed by atoms with E-state index in [1.807, 2.05) is 0 Å². The highest BCUT2D eigenvalue weighted by Crippen LogP contribution is 2.49. The molecule has 0 saturated heterocycles. The summed E-state index contributed by atoms with van der Waals surface area (Å²) in [5.74, 6) is 0.908. The molecule has 0 bridgehead atoms. The number of fused-ring (bicyclic) bond motifs is 12. The SMILES string of the molecule is CCC1=C(c2ccc3c4ccccc4c4ccc(-c5ccc6c(c5)c5cccc7oc8cccc6c8c75)cc4c3c2)c2oc3ccc(-c4ccccc4)cc3c2NC(c2ccccc2)C1. The lowest BCUT2D eigenvalue weighted by Crippen LogP contribution is -2.10. The Morgan fingerprint density at radius 1 is 0.400 bits per heavy atom. The molecular formula is C62H41NO2. The standard InChI is InChI=1S/C62H41NO2/c1-2-36-35-54(38-15-7-4-8-16-38)63-61-53-33-39(37-13-5-3-6-14-37)26-30-55(53)65-62(61)58(36)42-25-29-46-44-18-10-9-17-43(44)45-27-23-41(32-51(45)52(46)34-42)40-24-28-47-48-19-11-21-56-59(48)60-49(50(47)31-40)20-12-22-57(60)64-56/h3-34,54,63H,2,35H2,1H3. The van der Waals surface area contributed by atoms with Crippen LogP contribution in [0.1, 0.15) is 42.7 Å². The molecule has 306 valence electrons. The van der Waals surface area contributed by atoms with Gasteiger partial charge in [0.2, 0.25) is 0 Å². The first kappa shape index (κ1) is 36.4. The average Bonchev–Trinajstić information content (AvgIpc) is 3.88. The summed E-state index contributed by atoms with van der Waals surface area (Å²) < 4.78 is 13.4. The maximum absolute atomic E-state index is 7.07. The van der Waals surface area contributed by atoms with E-state index in [1.165, 1.54) is 109 Å². The fourth-order valence-electron chi connectivity index (χ4n) is 11.3. The predicted molar refractivity (Wildman–Crippen MR) is 273 cm³/mol. The second-order valence-corrected chi connectivity index (χ2v) is 17.8. The Bertz CT molecular complexity index is 4100. The number of nitrogens with one attached hydrogen (secondary N) is 1. The number of rotatable bonds is 5. The van der Waals surface area contributed by atoms with Crippen molar-refractivity contribution in [3.63, 3.8) is 0 Å². The number of anilines is 1. The van der Waals surface area contributed by atoms with Gasteiger partial charge in [-0.2, -0.15) is 0 Å². The molecule has 1 aliphatic heterocycles. The zero-order valence-electron chi connectivity index (χ0n) is 35.8. The van der Waals surface area contributed by atoms with Crippen molar-refractivity contribution in [1.82, 2.24) is 0 Å². The van der Waals surface area contributed by atoms with Gasteiger partial charge in [-0.15, -0.1) is 0 Å². The van der Waals surface area contributed by atoms with E-state index in [0.717, 1.165) is 46.4 Å². The van der Waals surface area contributed by atoms with Gasteiger partial charge in [-0.3, -0.25) is 0 Å². The lowest BCUT2D eigenvalue weighted by molar-refractivity contribution is 0.601. The average molecular weight is 832 g/mol. The summed E-state index contributed by atoms with van der Waals surface area (Å²) in [6.45, 7) is 2.29. The van der Waals surface area contributed by atoms with Crippen molar-refractivity contribution in [3.8, 4) is 22.3 Å². The monoisotopic (exact) mass is 831 g/mol. The van der Waals surface area contributed by atoms with Crippen LogP contribution in [0.5, 0.6) is 0 Å². The molecule has 0 saturated carbocycles. The third kappa shape index (κ3) is 5.42. The van der Waals surface area contributed by atoms with Crippen molar-refractivity contribution >= 4 is 98.0 Å². The molecule has 1 aliphatic rings. The third-order valence-corrected chi connectivity index (χ3v) is 14.4. The highest BCUT2D eigenvalue weighted by molar-refractivity contribution is 6.33. The zero-order valence-corrected chi connectivity index (χ0v) is 35.8. The van der Waals surface area contributed by atoms with E-state index in [9.17, 15) is 0 Å². The molecule has 3 nitrogen and oxygen atoms in total. The highest BCUT2D eigenvalue weighted by atomic mass is 16.3. The van der Waals surface area contributed by atoms with E-state index in [-0.39, 0.29) is 6.04 Å². The highest BCUT2D eigenvalue weighted by Gasteiger charge is 2.30.